The van der Waals surface area contributed by atoms with Crippen LogP contribution in [0.5, 0.6) is 0 Å². The van der Waals surface area contributed by atoms with Gasteiger partial charge in [0.1, 0.15) is 0 Å². The van der Waals surface area contributed by atoms with Crippen molar-refractivity contribution in [2.75, 3.05) is 13.7 Å². The number of methoxy groups -OCH3 is 1. The van der Waals surface area contributed by atoms with Crippen LogP contribution in [0.25, 0.3) is 0 Å². The van der Waals surface area contributed by atoms with Crippen LogP contribution in [0.3, 0.4) is 0 Å². The lowest BCUT2D eigenvalue weighted by molar-refractivity contribution is 0.187. The molecule has 13 heavy (non-hydrogen) atoms. The zero-order chi connectivity index (χ0) is 9.68. The summed E-state index contributed by atoms with van der Waals surface area (Å²) in [5.41, 5.74) is 6.13. The van der Waals surface area contributed by atoms with Gasteiger partial charge in [0.05, 0.1) is 0 Å². The van der Waals surface area contributed by atoms with Gasteiger partial charge in [-0.05, 0) is 37.5 Å². The van der Waals surface area contributed by atoms with Crippen molar-refractivity contribution in [3.05, 3.63) is 0 Å². The van der Waals surface area contributed by atoms with Gasteiger partial charge >= 0.3 is 0 Å². The second kappa shape index (κ2) is 5.61. The number of nitrogens with two attached hydrogens (primary N) is 1. The number of hydrogen-bond acceptors (Lipinski definition) is 2. The zero-order valence-corrected chi connectivity index (χ0v) is 8.96. The highest BCUT2D eigenvalue weighted by Gasteiger charge is 2.25. The molecule has 1 rings (SSSR count). The van der Waals surface area contributed by atoms with E-state index in [1.165, 1.54) is 19.3 Å². The zero-order valence-electron chi connectivity index (χ0n) is 8.96. The first-order valence-corrected chi connectivity index (χ1v) is 5.48. The average molecular weight is 185 g/mol. The molecule has 0 aliphatic heterocycles. The molecular formula is C11H23NO. The van der Waals surface area contributed by atoms with Crippen molar-refractivity contribution in [2.45, 2.75) is 45.1 Å². The van der Waals surface area contributed by atoms with E-state index in [1.54, 1.807) is 7.11 Å². The lowest BCUT2D eigenvalue weighted by Gasteiger charge is -2.18. The second-order valence-electron chi connectivity index (χ2n) is 4.48. The highest BCUT2D eigenvalue weighted by molar-refractivity contribution is 4.80. The van der Waals surface area contributed by atoms with Gasteiger partial charge in [0, 0.05) is 19.8 Å². The minimum absolute atomic E-state index is 0.417. The third-order valence-electron chi connectivity index (χ3n) is 3.23. The predicted molar refractivity (Wildman–Crippen MR) is 55.6 cm³/mol. The molecule has 78 valence electrons. The van der Waals surface area contributed by atoms with E-state index in [-0.39, 0.29) is 0 Å². The quantitative estimate of drug-likeness (QED) is 0.666. The fourth-order valence-electron chi connectivity index (χ4n) is 2.34. The van der Waals surface area contributed by atoms with E-state index < -0.39 is 0 Å². The van der Waals surface area contributed by atoms with Gasteiger partial charge < -0.3 is 10.5 Å². The minimum atomic E-state index is 0.417. The number of hydrogen-bond donors (Lipinski definition) is 1. The van der Waals surface area contributed by atoms with Crippen LogP contribution in [-0.4, -0.2) is 19.8 Å². The van der Waals surface area contributed by atoms with Crippen molar-refractivity contribution >= 4 is 0 Å². The van der Waals surface area contributed by atoms with E-state index in [9.17, 15) is 0 Å². The first-order chi connectivity index (χ1) is 6.24. The molecule has 0 aromatic rings. The maximum atomic E-state index is 6.13. The maximum Gasteiger partial charge on any atom is 0.0462 e. The third kappa shape index (κ3) is 3.65. The van der Waals surface area contributed by atoms with Gasteiger partial charge in [0.25, 0.3) is 0 Å². The summed E-state index contributed by atoms with van der Waals surface area (Å²) in [7, 11) is 1.75. The van der Waals surface area contributed by atoms with E-state index in [2.05, 4.69) is 6.92 Å². The summed E-state index contributed by atoms with van der Waals surface area (Å²) in [4.78, 5) is 0. The Hall–Kier alpha value is -0.0800. The standard InChI is InChI=1S/C11H23NO/c1-9-5-6-10(8-9)11(12)4-3-7-13-2/h9-11H,3-8,12H2,1-2H3. The molecule has 2 heteroatoms. The molecule has 1 saturated carbocycles. The lowest BCUT2D eigenvalue weighted by Crippen LogP contribution is -2.28. The molecule has 0 saturated heterocycles. The van der Waals surface area contributed by atoms with Crippen molar-refractivity contribution in [1.82, 2.24) is 0 Å². The lowest BCUT2D eigenvalue weighted by atomic mass is 9.94. The maximum absolute atomic E-state index is 6.13. The topological polar surface area (TPSA) is 35.2 Å². The van der Waals surface area contributed by atoms with Crippen molar-refractivity contribution in [2.24, 2.45) is 17.6 Å². The Bertz CT molecular complexity index is 138. The molecule has 2 nitrogen and oxygen atoms in total. The molecule has 1 fully saturated rings. The van der Waals surface area contributed by atoms with Crippen LogP contribution < -0.4 is 5.73 Å². The molecule has 0 radical (unpaired) electrons. The molecule has 0 spiro atoms. The molecule has 1 aliphatic carbocycles. The van der Waals surface area contributed by atoms with Crippen LogP contribution >= 0.6 is 0 Å². The summed E-state index contributed by atoms with van der Waals surface area (Å²) < 4.78 is 5.02. The average Bonchev–Trinajstić information content (AvgIpc) is 2.52. The Labute approximate surface area is 81.8 Å². The Kier molecular flexibility index (Phi) is 4.74. The van der Waals surface area contributed by atoms with Gasteiger partial charge in [-0.15, -0.1) is 0 Å². The Morgan fingerprint density at radius 2 is 2.23 bits per heavy atom. The van der Waals surface area contributed by atoms with Crippen LogP contribution in [0.1, 0.15) is 39.0 Å². The van der Waals surface area contributed by atoms with Crippen molar-refractivity contribution in [3.8, 4) is 0 Å². The Balaban J connectivity index is 2.12. The largest absolute Gasteiger partial charge is 0.385 e. The molecule has 2 N–H and O–H groups in total. The van der Waals surface area contributed by atoms with Gasteiger partial charge in [0.2, 0.25) is 0 Å². The van der Waals surface area contributed by atoms with Crippen LogP contribution in [-0.2, 0) is 4.74 Å². The number of ether oxygens (including phenoxy) is 1. The summed E-state index contributed by atoms with van der Waals surface area (Å²) in [5, 5.41) is 0. The normalized spacial score (nSPS) is 30.7. The fraction of sp³-hybridized carbons (Fsp3) is 1.00. The van der Waals surface area contributed by atoms with Gasteiger partial charge in [0.15, 0.2) is 0 Å². The minimum Gasteiger partial charge on any atom is -0.385 e. The van der Waals surface area contributed by atoms with E-state index in [1.807, 2.05) is 0 Å². The highest BCUT2D eigenvalue weighted by Crippen LogP contribution is 2.32. The SMILES string of the molecule is COCCCC(N)C1CCC(C)C1. The van der Waals surface area contributed by atoms with Gasteiger partial charge in [-0.3, -0.25) is 0 Å². The third-order valence-corrected chi connectivity index (χ3v) is 3.23. The van der Waals surface area contributed by atoms with E-state index >= 15 is 0 Å². The molecule has 1 aliphatic rings. The van der Waals surface area contributed by atoms with Crippen LogP contribution in [0.2, 0.25) is 0 Å². The van der Waals surface area contributed by atoms with Crippen LogP contribution in [0.4, 0.5) is 0 Å². The van der Waals surface area contributed by atoms with Crippen LogP contribution in [0, 0.1) is 11.8 Å². The van der Waals surface area contributed by atoms with Gasteiger partial charge in [-0.25, -0.2) is 0 Å². The van der Waals surface area contributed by atoms with Crippen molar-refractivity contribution < 1.29 is 4.74 Å². The van der Waals surface area contributed by atoms with Gasteiger partial charge in [-0.2, -0.15) is 0 Å². The predicted octanol–water partition coefficient (Wildman–Crippen LogP) is 2.18. The number of rotatable bonds is 5. The van der Waals surface area contributed by atoms with E-state index in [4.69, 9.17) is 10.5 Å². The Morgan fingerprint density at radius 3 is 2.77 bits per heavy atom. The fourth-order valence-corrected chi connectivity index (χ4v) is 2.34. The summed E-state index contributed by atoms with van der Waals surface area (Å²) in [5.74, 6) is 1.69. The summed E-state index contributed by atoms with van der Waals surface area (Å²) in [6.07, 6.45) is 6.31. The molecule has 3 atom stereocenters. The highest BCUT2D eigenvalue weighted by atomic mass is 16.5. The smallest absolute Gasteiger partial charge is 0.0462 e. The first kappa shape index (κ1) is 11.0. The monoisotopic (exact) mass is 185 g/mol. The van der Waals surface area contributed by atoms with E-state index in [0.717, 1.165) is 31.3 Å². The molecule has 0 aromatic heterocycles. The summed E-state index contributed by atoms with van der Waals surface area (Å²) in [6, 6.07) is 0.417. The molecule has 0 aromatic carbocycles. The first-order valence-electron chi connectivity index (χ1n) is 5.48. The molecule has 0 heterocycles. The van der Waals surface area contributed by atoms with Crippen molar-refractivity contribution in [3.63, 3.8) is 0 Å². The van der Waals surface area contributed by atoms with Crippen LogP contribution in [0.15, 0.2) is 0 Å². The molecule has 0 bridgehead atoms. The van der Waals surface area contributed by atoms with E-state index in [0.29, 0.717) is 6.04 Å². The van der Waals surface area contributed by atoms with Crippen molar-refractivity contribution in [1.29, 1.82) is 0 Å². The van der Waals surface area contributed by atoms with Gasteiger partial charge in [-0.1, -0.05) is 13.3 Å². The summed E-state index contributed by atoms with van der Waals surface area (Å²) in [6.45, 7) is 3.19. The molecule has 3 unspecified atom stereocenters. The molecular weight excluding hydrogens is 162 g/mol. The second-order valence-corrected chi connectivity index (χ2v) is 4.48. The summed E-state index contributed by atoms with van der Waals surface area (Å²) >= 11 is 0. The molecule has 0 amide bonds. The Morgan fingerprint density at radius 1 is 1.46 bits per heavy atom.